The smallest absolute Gasteiger partial charge is 0.279 e. The SMILES string of the molecule is O=c1c2ncccc2ncn1CC(O)CN1CCCCCC1. The quantitative estimate of drug-likeness (QED) is 0.913. The average Bonchev–Trinajstić information content (AvgIpc) is 2.79. The Morgan fingerprint density at radius 2 is 1.91 bits per heavy atom. The summed E-state index contributed by atoms with van der Waals surface area (Å²) in [6.45, 7) is 2.93. The molecule has 1 atom stereocenters. The van der Waals surface area contributed by atoms with E-state index < -0.39 is 6.10 Å². The second-order valence-electron chi connectivity index (χ2n) is 5.94. The molecule has 3 rings (SSSR count). The van der Waals surface area contributed by atoms with Crippen LogP contribution in [0.4, 0.5) is 0 Å². The molecule has 0 aromatic carbocycles. The van der Waals surface area contributed by atoms with Crippen LogP contribution in [-0.4, -0.2) is 50.3 Å². The summed E-state index contributed by atoms with van der Waals surface area (Å²) in [4.78, 5) is 23.0. The monoisotopic (exact) mass is 302 g/mol. The molecule has 1 aliphatic rings. The van der Waals surface area contributed by atoms with E-state index >= 15 is 0 Å². The van der Waals surface area contributed by atoms with Crippen molar-refractivity contribution in [1.29, 1.82) is 0 Å². The summed E-state index contributed by atoms with van der Waals surface area (Å²) in [5.74, 6) is 0. The fourth-order valence-electron chi connectivity index (χ4n) is 3.02. The van der Waals surface area contributed by atoms with Gasteiger partial charge in [-0.2, -0.15) is 0 Å². The number of pyridine rings is 1. The summed E-state index contributed by atoms with van der Waals surface area (Å²) < 4.78 is 1.46. The number of fused-ring (bicyclic) bond motifs is 1. The van der Waals surface area contributed by atoms with E-state index in [1.165, 1.54) is 36.6 Å². The van der Waals surface area contributed by atoms with Gasteiger partial charge in [0.15, 0.2) is 5.52 Å². The molecular formula is C16H22N4O2. The molecule has 1 N–H and O–H groups in total. The topological polar surface area (TPSA) is 71.2 Å². The molecule has 0 bridgehead atoms. The van der Waals surface area contributed by atoms with Crippen LogP contribution >= 0.6 is 0 Å². The first-order valence-electron chi connectivity index (χ1n) is 7.94. The second-order valence-corrected chi connectivity index (χ2v) is 5.94. The van der Waals surface area contributed by atoms with E-state index in [9.17, 15) is 9.90 Å². The molecule has 0 radical (unpaired) electrons. The van der Waals surface area contributed by atoms with Gasteiger partial charge in [-0.25, -0.2) is 9.97 Å². The van der Waals surface area contributed by atoms with Gasteiger partial charge in [0.2, 0.25) is 0 Å². The Bertz CT molecular complexity index is 677. The number of nitrogens with zero attached hydrogens (tertiary/aromatic N) is 4. The van der Waals surface area contributed by atoms with Gasteiger partial charge < -0.3 is 10.0 Å². The van der Waals surface area contributed by atoms with E-state index in [1.54, 1.807) is 18.3 Å². The van der Waals surface area contributed by atoms with Gasteiger partial charge in [-0.15, -0.1) is 0 Å². The summed E-state index contributed by atoms with van der Waals surface area (Å²) >= 11 is 0. The lowest BCUT2D eigenvalue weighted by Gasteiger charge is -2.23. The van der Waals surface area contributed by atoms with E-state index in [-0.39, 0.29) is 12.1 Å². The number of aromatic nitrogens is 3. The zero-order valence-electron chi connectivity index (χ0n) is 12.7. The van der Waals surface area contributed by atoms with Crippen molar-refractivity contribution in [2.75, 3.05) is 19.6 Å². The number of aliphatic hydroxyl groups excluding tert-OH is 1. The highest BCUT2D eigenvalue weighted by molar-refractivity contribution is 5.71. The van der Waals surface area contributed by atoms with Crippen LogP contribution in [0.15, 0.2) is 29.5 Å². The second kappa shape index (κ2) is 6.98. The maximum atomic E-state index is 12.3. The molecule has 1 unspecified atom stereocenters. The molecule has 0 saturated carbocycles. The molecule has 6 heteroatoms. The average molecular weight is 302 g/mol. The molecule has 22 heavy (non-hydrogen) atoms. The van der Waals surface area contributed by atoms with E-state index in [0.29, 0.717) is 17.6 Å². The van der Waals surface area contributed by atoms with Gasteiger partial charge in [-0.3, -0.25) is 9.36 Å². The molecule has 118 valence electrons. The van der Waals surface area contributed by atoms with Crippen molar-refractivity contribution in [3.05, 3.63) is 35.0 Å². The van der Waals surface area contributed by atoms with Crippen LogP contribution < -0.4 is 5.56 Å². The molecule has 6 nitrogen and oxygen atoms in total. The lowest BCUT2D eigenvalue weighted by atomic mass is 10.2. The highest BCUT2D eigenvalue weighted by Gasteiger charge is 2.15. The Morgan fingerprint density at radius 1 is 1.14 bits per heavy atom. The summed E-state index contributed by atoms with van der Waals surface area (Å²) in [6, 6.07) is 3.52. The minimum atomic E-state index is -0.571. The Kier molecular flexibility index (Phi) is 4.80. The fraction of sp³-hybridized carbons (Fsp3) is 0.562. The summed E-state index contributed by atoms with van der Waals surface area (Å²) in [7, 11) is 0. The third-order valence-electron chi connectivity index (χ3n) is 4.16. The van der Waals surface area contributed by atoms with Crippen LogP contribution in [0, 0.1) is 0 Å². The molecule has 2 aromatic rings. The number of hydrogen-bond donors (Lipinski definition) is 1. The molecule has 1 saturated heterocycles. The third-order valence-corrected chi connectivity index (χ3v) is 4.16. The van der Waals surface area contributed by atoms with E-state index in [2.05, 4.69) is 14.9 Å². The Hall–Kier alpha value is -1.79. The van der Waals surface area contributed by atoms with Crippen LogP contribution in [0.5, 0.6) is 0 Å². The maximum Gasteiger partial charge on any atom is 0.279 e. The summed E-state index contributed by atoms with van der Waals surface area (Å²) in [5.41, 5.74) is 0.748. The van der Waals surface area contributed by atoms with Gasteiger partial charge in [0, 0.05) is 12.7 Å². The predicted octanol–water partition coefficient (Wildman–Crippen LogP) is 1.03. The minimum Gasteiger partial charge on any atom is -0.390 e. The standard InChI is InChI=1S/C16H22N4O2/c21-13(10-19-8-3-1-2-4-9-19)11-20-12-18-14-6-5-7-17-15(14)16(20)22/h5-7,12-13,21H,1-4,8-11H2. The Balaban J connectivity index is 1.69. The number of likely N-dealkylation sites (tertiary alicyclic amines) is 1. The molecule has 3 heterocycles. The van der Waals surface area contributed by atoms with Crippen molar-refractivity contribution in [3.63, 3.8) is 0 Å². The first kappa shape index (κ1) is 15.1. The zero-order valence-corrected chi connectivity index (χ0v) is 12.7. The van der Waals surface area contributed by atoms with E-state index in [4.69, 9.17) is 0 Å². The summed E-state index contributed by atoms with van der Waals surface area (Å²) in [5, 5.41) is 10.3. The number of hydrogen-bond acceptors (Lipinski definition) is 5. The first-order valence-corrected chi connectivity index (χ1v) is 7.94. The zero-order chi connectivity index (χ0) is 15.4. The molecular weight excluding hydrogens is 280 g/mol. The lowest BCUT2D eigenvalue weighted by Crippen LogP contribution is -2.37. The van der Waals surface area contributed by atoms with Crippen molar-refractivity contribution >= 4 is 11.0 Å². The third kappa shape index (κ3) is 3.51. The number of aliphatic hydroxyl groups is 1. The predicted molar refractivity (Wildman–Crippen MR) is 84.7 cm³/mol. The van der Waals surface area contributed by atoms with Crippen LogP contribution in [-0.2, 0) is 6.54 Å². The van der Waals surface area contributed by atoms with Crippen molar-refractivity contribution in [3.8, 4) is 0 Å². The lowest BCUT2D eigenvalue weighted by molar-refractivity contribution is 0.0986. The highest BCUT2D eigenvalue weighted by Crippen LogP contribution is 2.10. The molecule has 0 aliphatic carbocycles. The Labute approximate surface area is 129 Å². The molecule has 0 amide bonds. The number of rotatable bonds is 4. The van der Waals surface area contributed by atoms with E-state index in [0.717, 1.165) is 13.1 Å². The van der Waals surface area contributed by atoms with Gasteiger partial charge >= 0.3 is 0 Å². The van der Waals surface area contributed by atoms with Gasteiger partial charge in [-0.1, -0.05) is 12.8 Å². The molecule has 1 aliphatic heterocycles. The van der Waals surface area contributed by atoms with Gasteiger partial charge in [0.25, 0.3) is 5.56 Å². The van der Waals surface area contributed by atoms with Crippen molar-refractivity contribution in [2.24, 2.45) is 0 Å². The van der Waals surface area contributed by atoms with Crippen LogP contribution in [0.25, 0.3) is 11.0 Å². The fourth-order valence-corrected chi connectivity index (χ4v) is 3.02. The Morgan fingerprint density at radius 3 is 2.68 bits per heavy atom. The normalized spacial score (nSPS) is 18.2. The van der Waals surface area contributed by atoms with E-state index in [1.807, 2.05) is 0 Å². The molecule has 0 spiro atoms. The van der Waals surface area contributed by atoms with Crippen LogP contribution in [0.3, 0.4) is 0 Å². The minimum absolute atomic E-state index is 0.194. The maximum absolute atomic E-state index is 12.3. The first-order chi connectivity index (χ1) is 10.7. The van der Waals surface area contributed by atoms with Gasteiger partial charge in [0.05, 0.1) is 24.5 Å². The summed E-state index contributed by atoms with van der Waals surface area (Å²) in [6.07, 6.45) is 7.43. The van der Waals surface area contributed by atoms with Crippen molar-refractivity contribution < 1.29 is 5.11 Å². The van der Waals surface area contributed by atoms with Gasteiger partial charge in [-0.05, 0) is 38.1 Å². The van der Waals surface area contributed by atoms with Crippen LogP contribution in [0.2, 0.25) is 0 Å². The highest BCUT2D eigenvalue weighted by atomic mass is 16.3. The van der Waals surface area contributed by atoms with Gasteiger partial charge in [0.1, 0.15) is 0 Å². The molecule has 2 aromatic heterocycles. The molecule has 1 fully saturated rings. The van der Waals surface area contributed by atoms with Crippen LogP contribution in [0.1, 0.15) is 25.7 Å². The number of β-amino-alcohol motifs (C(OH)–C–C–N with tert-alkyl or cyclic N) is 1. The van der Waals surface area contributed by atoms with Crippen molar-refractivity contribution in [1.82, 2.24) is 19.4 Å². The van der Waals surface area contributed by atoms with Crippen molar-refractivity contribution in [2.45, 2.75) is 38.3 Å². The largest absolute Gasteiger partial charge is 0.390 e.